The predicted octanol–water partition coefficient (Wildman–Crippen LogP) is 4.48. The Morgan fingerprint density at radius 1 is 1.23 bits per heavy atom. The summed E-state index contributed by atoms with van der Waals surface area (Å²) in [6.45, 7) is -0.421. The molecule has 0 saturated carbocycles. The summed E-state index contributed by atoms with van der Waals surface area (Å²) in [5.41, 5.74) is 1.33. The van der Waals surface area contributed by atoms with E-state index in [0.29, 0.717) is 17.3 Å². The Morgan fingerprint density at radius 2 is 2.08 bits per heavy atom. The molecule has 0 spiro atoms. The van der Waals surface area contributed by atoms with Gasteiger partial charge in [0, 0.05) is 0 Å². The Labute approximate surface area is 152 Å². The normalized spacial score (nSPS) is 10.9. The molecule has 5 nitrogen and oxygen atoms in total. The Bertz CT molecular complexity index is 914. The third-order valence-corrected chi connectivity index (χ3v) is 4.34. The quantitative estimate of drug-likeness (QED) is 0.659. The summed E-state index contributed by atoms with van der Waals surface area (Å²) in [7, 11) is 0. The second-order valence-electron chi connectivity index (χ2n) is 5.33. The van der Waals surface area contributed by atoms with E-state index in [1.807, 2.05) is 25.1 Å². The first kappa shape index (κ1) is 18.1. The lowest BCUT2D eigenvalue weighted by atomic mass is 10.1. The van der Waals surface area contributed by atoms with Gasteiger partial charge in [-0.1, -0.05) is 23.5 Å². The van der Waals surface area contributed by atoms with Gasteiger partial charge < -0.3 is 14.8 Å². The van der Waals surface area contributed by atoms with Crippen molar-refractivity contribution in [1.29, 1.82) is 0 Å². The molecule has 0 atom stereocenters. The number of rotatable bonds is 7. The van der Waals surface area contributed by atoms with Gasteiger partial charge in [-0.05, 0) is 42.8 Å². The van der Waals surface area contributed by atoms with Crippen LogP contribution in [0.4, 0.5) is 13.9 Å². The van der Waals surface area contributed by atoms with Gasteiger partial charge in [0.25, 0.3) is 0 Å². The number of carbonyl (C=O) groups excluding carboxylic acids is 1. The fourth-order valence-corrected chi connectivity index (χ4v) is 3.31. The molecule has 1 amide bonds. The molecule has 0 aliphatic carbocycles. The largest absolute Gasteiger partial charge is 0.494 e. The van der Waals surface area contributed by atoms with Crippen molar-refractivity contribution in [2.24, 2.45) is 0 Å². The Hall–Kier alpha value is -2.74. The van der Waals surface area contributed by atoms with Crippen LogP contribution < -0.4 is 14.8 Å². The van der Waals surface area contributed by atoms with Crippen molar-refractivity contribution in [2.75, 3.05) is 11.9 Å². The Morgan fingerprint density at radius 3 is 2.85 bits per heavy atom. The van der Waals surface area contributed by atoms with Crippen LogP contribution in [-0.2, 0) is 11.2 Å². The van der Waals surface area contributed by atoms with E-state index in [9.17, 15) is 13.6 Å². The molecule has 0 radical (unpaired) electrons. The van der Waals surface area contributed by atoms with Gasteiger partial charge >= 0.3 is 6.61 Å². The summed E-state index contributed by atoms with van der Waals surface area (Å²) >= 11 is 1.34. The molecule has 2 aromatic carbocycles. The lowest BCUT2D eigenvalue weighted by molar-refractivity contribution is -0.115. The van der Waals surface area contributed by atoms with E-state index < -0.39 is 6.61 Å². The van der Waals surface area contributed by atoms with Crippen molar-refractivity contribution < 1.29 is 23.0 Å². The number of ether oxygens (including phenoxy) is 2. The number of carbonyl (C=O) groups is 1. The third kappa shape index (κ3) is 4.66. The van der Waals surface area contributed by atoms with Crippen LogP contribution in [0.5, 0.6) is 11.5 Å². The van der Waals surface area contributed by atoms with Crippen LogP contribution in [0.25, 0.3) is 10.2 Å². The van der Waals surface area contributed by atoms with E-state index in [1.54, 1.807) is 12.1 Å². The first-order chi connectivity index (χ1) is 12.5. The zero-order valence-corrected chi connectivity index (χ0v) is 14.7. The highest BCUT2D eigenvalue weighted by molar-refractivity contribution is 7.22. The highest BCUT2D eigenvalue weighted by atomic mass is 32.1. The standard InChI is InChI=1S/C18H16F2N2O3S/c1-2-24-12-6-7-14-15(10-12)26-18(21-14)22-16(23)9-11-4-3-5-13(8-11)25-17(19)20/h3-8,10,17H,2,9H2,1H3,(H,21,22,23). The SMILES string of the molecule is CCOc1ccc2nc(NC(=O)Cc3cccc(OC(F)F)c3)sc2c1. The van der Waals surface area contributed by atoms with E-state index in [4.69, 9.17) is 4.74 Å². The van der Waals surface area contributed by atoms with Gasteiger partial charge in [-0.25, -0.2) is 4.98 Å². The van der Waals surface area contributed by atoms with E-state index in [0.717, 1.165) is 16.0 Å². The van der Waals surface area contributed by atoms with Gasteiger partial charge in [0.05, 0.1) is 23.2 Å². The number of thiazole rings is 1. The second kappa shape index (κ2) is 8.09. The lowest BCUT2D eigenvalue weighted by Crippen LogP contribution is -2.14. The molecule has 3 rings (SSSR count). The molecule has 1 aromatic heterocycles. The van der Waals surface area contributed by atoms with Crippen molar-refractivity contribution in [1.82, 2.24) is 4.98 Å². The molecule has 0 aliphatic heterocycles. The van der Waals surface area contributed by atoms with E-state index in [-0.39, 0.29) is 18.1 Å². The van der Waals surface area contributed by atoms with Gasteiger partial charge in [-0.3, -0.25) is 4.79 Å². The van der Waals surface area contributed by atoms with Crippen LogP contribution in [0.15, 0.2) is 42.5 Å². The minimum absolute atomic E-state index is 0.0220. The van der Waals surface area contributed by atoms with Crippen LogP contribution >= 0.6 is 11.3 Å². The number of benzene rings is 2. The van der Waals surface area contributed by atoms with Gasteiger partial charge in [0.1, 0.15) is 11.5 Å². The molecule has 0 bridgehead atoms. The molecule has 1 N–H and O–H groups in total. The summed E-state index contributed by atoms with van der Waals surface area (Å²) in [6, 6.07) is 11.6. The summed E-state index contributed by atoms with van der Waals surface area (Å²) in [5, 5.41) is 3.20. The van der Waals surface area contributed by atoms with Gasteiger partial charge in [0.15, 0.2) is 5.13 Å². The molecule has 26 heavy (non-hydrogen) atoms. The Balaban J connectivity index is 1.67. The maximum absolute atomic E-state index is 12.3. The fourth-order valence-electron chi connectivity index (χ4n) is 2.40. The van der Waals surface area contributed by atoms with Gasteiger partial charge in [-0.2, -0.15) is 8.78 Å². The second-order valence-corrected chi connectivity index (χ2v) is 6.36. The first-order valence-electron chi connectivity index (χ1n) is 7.90. The highest BCUT2D eigenvalue weighted by Crippen LogP contribution is 2.29. The number of halogens is 2. The molecule has 3 aromatic rings. The number of fused-ring (bicyclic) bond motifs is 1. The number of hydrogen-bond acceptors (Lipinski definition) is 5. The molecular weight excluding hydrogens is 362 g/mol. The van der Waals surface area contributed by atoms with E-state index >= 15 is 0 Å². The molecule has 0 unspecified atom stereocenters. The van der Waals surface area contributed by atoms with E-state index in [2.05, 4.69) is 15.0 Å². The van der Waals surface area contributed by atoms with Crippen molar-refractivity contribution in [3.63, 3.8) is 0 Å². The monoisotopic (exact) mass is 378 g/mol. The summed E-state index contributed by atoms with van der Waals surface area (Å²) < 4.78 is 35.2. The number of alkyl halides is 2. The van der Waals surface area contributed by atoms with Crippen molar-refractivity contribution in [3.05, 3.63) is 48.0 Å². The number of amides is 1. The van der Waals surface area contributed by atoms with Crippen LogP contribution in [-0.4, -0.2) is 24.1 Å². The number of nitrogens with one attached hydrogen (secondary N) is 1. The molecule has 0 fully saturated rings. The average molecular weight is 378 g/mol. The maximum Gasteiger partial charge on any atom is 0.387 e. The molecule has 8 heteroatoms. The zero-order chi connectivity index (χ0) is 18.5. The Kier molecular flexibility index (Phi) is 5.62. The van der Waals surface area contributed by atoms with Crippen LogP contribution in [0.2, 0.25) is 0 Å². The van der Waals surface area contributed by atoms with Crippen molar-refractivity contribution in [2.45, 2.75) is 20.0 Å². The smallest absolute Gasteiger partial charge is 0.387 e. The summed E-state index contributed by atoms with van der Waals surface area (Å²) in [4.78, 5) is 16.6. The maximum atomic E-state index is 12.3. The number of anilines is 1. The summed E-state index contributed by atoms with van der Waals surface area (Å²) in [5.74, 6) is 0.481. The van der Waals surface area contributed by atoms with E-state index in [1.165, 1.54) is 23.5 Å². The minimum Gasteiger partial charge on any atom is -0.494 e. The number of aromatic nitrogens is 1. The van der Waals surface area contributed by atoms with Gasteiger partial charge in [0.2, 0.25) is 5.91 Å². The average Bonchev–Trinajstić information content (AvgIpc) is 2.96. The topological polar surface area (TPSA) is 60.5 Å². The van der Waals surface area contributed by atoms with Crippen LogP contribution in [0.3, 0.4) is 0 Å². The number of nitrogens with zero attached hydrogens (tertiary/aromatic N) is 1. The zero-order valence-electron chi connectivity index (χ0n) is 13.9. The molecule has 1 heterocycles. The minimum atomic E-state index is -2.90. The van der Waals surface area contributed by atoms with Crippen molar-refractivity contribution in [3.8, 4) is 11.5 Å². The summed E-state index contributed by atoms with van der Waals surface area (Å²) in [6.07, 6.45) is 0.0283. The first-order valence-corrected chi connectivity index (χ1v) is 8.72. The molecule has 0 saturated heterocycles. The molecule has 136 valence electrons. The molecule has 0 aliphatic rings. The van der Waals surface area contributed by atoms with Gasteiger partial charge in [-0.15, -0.1) is 0 Å². The van der Waals surface area contributed by atoms with Crippen molar-refractivity contribution >= 4 is 32.6 Å². The fraction of sp³-hybridized carbons (Fsp3) is 0.222. The molecular formula is C18H16F2N2O3S. The van der Waals surface area contributed by atoms with Crippen LogP contribution in [0, 0.1) is 0 Å². The third-order valence-electron chi connectivity index (χ3n) is 3.41. The lowest BCUT2D eigenvalue weighted by Gasteiger charge is -2.06. The van der Waals surface area contributed by atoms with Crippen LogP contribution in [0.1, 0.15) is 12.5 Å². The number of hydrogen-bond donors (Lipinski definition) is 1. The predicted molar refractivity (Wildman–Crippen MR) is 96.2 cm³/mol. The highest BCUT2D eigenvalue weighted by Gasteiger charge is 2.11.